The van der Waals surface area contributed by atoms with Crippen LogP contribution in [0.1, 0.15) is 113 Å². The molecule has 0 unspecified atom stereocenters. The summed E-state index contributed by atoms with van der Waals surface area (Å²) in [6.07, 6.45) is 12.9. The van der Waals surface area contributed by atoms with Crippen molar-refractivity contribution in [3.8, 4) is 5.75 Å². The number of rotatable bonds is 11. The summed E-state index contributed by atoms with van der Waals surface area (Å²) in [5.74, 6) is 2.93. The average molecular weight is 465 g/mol. The van der Waals surface area contributed by atoms with Crippen LogP contribution in [0.2, 0.25) is 0 Å². The van der Waals surface area contributed by atoms with Crippen LogP contribution < -0.4 is 4.74 Å². The van der Waals surface area contributed by atoms with Gasteiger partial charge in [-0.15, -0.1) is 0 Å². The summed E-state index contributed by atoms with van der Waals surface area (Å²) in [5.41, 5.74) is 3.91. The topological polar surface area (TPSA) is 27.7 Å². The fraction of sp³-hybridized carbons (Fsp3) is 0.613. The molecule has 0 spiro atoms. The van der Waals surface area contributed by atoms with Crippen LogP contribution in [-0.2, 0) is 9.47 Å². The highest BCUT2D eigenvalue weighted by Gasteiger charge is 2.26. The Morgan fingerprint density at radius 2 is 1.26 bits per heavy atom. The third kappa shape index (κ3) is 7.09. The molecule has 186 valence electrons. The third-order valence-electron chi connectivity index (χ3n) is 7.76. The van der Waals surface area contributed by atoms with E-state index >= 15 is 0 Å². The van der Waals surface area contributed by atoms with Crippen molar-refractivity contribution in [3.63, 3.8) is 0 Å². The van der Waals surface area contributed by atoms with Crippen LogP contribution in [0.15, 0.2) is 48.5 Å². The van der Waals surface area contributed by atoms with E-state index in [0.29, 0.717) is 19.1 Å². The van der Waals surface area contributed by atoms with E-state index in [9.17, 15) is 0 Å². The van der Waals surface area contributed by atoms with Gasteiger partial charge in [-0.2, -0.15) is 0 Å². The first-order valence-electron chi connectivity index (χ1n) is 13.8. The van der Waals surface area contributed by atoms with Crippen molar-refractivity contribution < 1.29 is 14.2 Å². The predicted octanol–water partition coefficient (Wildman–Crippen LogP) is 8.55. The molecule has 34 heavy (non-hydrogen) atoms. The number of hydrogen-bond acceptors (Lipinski definition) is 3. The van der Waals surface area contributed by atoms with Gasteiger partial charge in [0.05, 0.1) is 19.8 Å². The van der Waals surface area contributed by atoms with Gasteiger partial charge in [-0.1, -0.05) is 82.3 Å². The molecule has 1 aliphatic carbocycles. The largest absolute Gasteiger partial charge is 0.494 e. The molecule has 2 aromatic carbocycles. The van der Waals surface area contributed by atoms with E-state index in [0.717, 1.165) is 36.2 Å². The molecule has 0 atom stereocenters. The molecule has 0 aromatic heterocycles. The normalized spacial score (nSPS) is 25.2. The quantitative estimate of drug-likeness (QED) is 0.312. The van der Waals surface area contributed by atoms with Gasteiger partial charge in [0.1, 0.15) is 5.75 Å². The maximum Gasteiger partial charge on any atom is 0.183 e. The smallest absolute Gasteiger partial charge is 0.183 e. The molecule has 1 saturated heterocycles. The molecular weight excluding hydrogens is 420 g/mol. The fourth-order valence-corrected chi connectivity index (χ4v) is 5.47. The van der Waals surface area contributed by atoms with Crippen LogP contribution in [0.5, 0.6) is 5.75 Å². The van der Waals surface area contributed by atoms with Crippen molar-refractivity contribution in [3.05, 3.63) is 65.2 Å². The SMILES string of the molecule is CCCCCOc1ccc(C2OCC(c3ccc(C4CCC(CCCC)CC4)cc3)CO2)cc1. The Morgan fingerprint density at radius 3 is 1.88 bits per heavy atom. The summed E-state index contributed by atoms with van der Waals surface area (Å²) in [6, 6.07) is 17.5. The average Bonchev–Trinajstić information content (AvgIpc) is 2.91. The first kappa shape index (κ1) is 25.3. The molecule has 0 N–H and O–H groups in total. The molecule has 2 aliphatic rings. The number of hydrogen-bond donors (Lipinski definition) is 0. The van der Waals surface area contributed by atoms with E-state index in [4.69, 9.17) is 14.2 Å². The number of ether oxygens (including phenoxy) is 3. The zero-order valence-electron chi connectivity index (χ0n) is 21.3. The number of benzene rings is 2. The van der Waals surface area contributed by atoms with Gasteiger partial charge >= 0.3 is 0 Å². The summed E-state index contributed by atoms with van der Waals surface area (Å²) in [5, 5.41) is 0. The zero-order chi connectivity index (χ0) is 23.6. The van der Waals surface area contributed by atoms with E-state index in [2.05, 4.69) is 50.2 Å². The van der Waals surface area contributed by atoms with E-state index in [1.165, 1.54) is 68.9 Å². The fourth-order valence-electron chi connectivity index (χ4n) is 5.47. The van der Waals surface area contributed by atoms with E-state index in [-0.39, 0.29) is 6.29 Å². The van der Waals surface area contributed by atoms with Gasteiger partial charge in [0, 0.05) is 11.5 Å². The van der Waals surface area contributed by atoms with Gasteiger partial charge in [0.2, 0.25) is 0 Å². The standard InChI is InChI=1S/C31H44O3/c1-3-5-7-21-32-30-19-17-28(18-20-30)31-33-22-29(23-34-31)27-15-13-26(14-16-27)25-11-9-24(10-12-25)8-6-4-2/h13-20,24-25,29,31H,3-12,21-23H2,1-2H3. The minimum atomic E-state index is -0.285. The molecule has 2 aromatic rings. The summed E-state index contributed by atoms with van der Waals surface area (Å²) >= 11 is 0. The molecule has 1 heterocycles. The van der Waals surface area contributed by atoms with Crippen LogP contribution in [0.3, 0.4) is 0 Å². The van der Waals surface area contributed by atoms with Gasteiger partial charge in [-0.25, -0.2) is 0 Å². The van der Waals surface area contributed by atoms with Crippen molar-refractivity contribution >= 4 is 0 Å². The lowest BCUT2D eigenvalue weighted by Gasteiger charge is -2.31. The lowest BCUT2D eigenvalue weighted by atomic mass is 9.77. The molecule has 3 heteroatoms. The van der Waals surface area contributed by atoms with Crippen molar-refractivity contribution in [2.24, 2.45) is 5.92 Å². The lowest BCUT2D eigenvalue weighted by Crippen LogP contribution is -2.25. The second kappa shape index (κ2) is 13.3. The van der Waals surface area contributed by atoms with Gasteiger partial charge in [-0.05, 0) is 67.2 Å². The summed E-state index contributed by atoms with van der Waals surface area (Å²) < 4.78 is 18.0. The Labute approximate surface area is 207 Å². The minimum Gasteiger partial charge on any atom is -0.494 e. The monoisotopic (exact) mass is 464 g/mol. The lowest BCUT2D eigenvalue weighted by molar-refractivity contribution is -0.191. The van der Waals surface area contributed by atoms with E-state index in [1.54, 1.807) is 0 Å². The first-order chi connectivity index (χ1) is 16.8. The van der Waals surface area contributed by atoms with E-state index in [1.807, 2.05) is 12.1 Å². The predicted molar refractivity (Wildman–Crippen MR) is 140 cm³/mol. The van der Waals surface area contributed by atoms with Crippen LogP contribution in [0.25, 0.3) is 0 Å². The Morgan fingerprint density at radius 1 is 0.676 bits per heavy atom. The maximum absolute atomic E-state index is 6.11. The Hall–Kier alpha value is -1.84. The highest BCUT2D eigenvalue weighted by Crippen LogP contribution is 2.38. The van der Waals surface area contributed by atoms with Crippen molar-refractivity contribution in [1.29, 1.82) is 0 Å². The molecule has 1 aliphatic heterocycles. The van der Waals surface area contributed by atoms with Crippen LogP contribution in [0.4, 0.5) is 0 Å². The molecule has 3 nitrogen and oxygen atoms in total. The summed E-state index contributed by atoms with van der Waals surface area (Å²) in [6.45, 7) is 6.69. The molecule has 4 rings (SSSR count). The van der Waals surface area contributed by atoms with Gasteiger partial charge < -0.3 is 14.2 Å². The van der Waals surface area contributed by atoms with Crippen molar-refractivity contribution in [2.75, 3.05) is 19.8 Å². The molecule has 0 amide bonds. The third-order valence-corrected chi connectivity index (χ3v) is 7.76. The molecule has 0 bridgehead atoms. The summed E-state index contributed by atoms with van der Waals surface area (Å²) in [7, 11) is 0. The summed E-state index contributed by atoms with van der Waals surface area (Å²) in [4.78, 5) is 0. The van der Waals surface area contributed by atoms with Crippen molar-refractivity contribution in [1.82, 2.24) is 0 Å². The zero-order valence-corrected chi connectivity index (χ0v) is 21.3. The molecule has 2 fully saturated rings. The van der Waals surface area contributed by atoms with Gasteiger partial charge in [0.15, 0.2) is 6.29 Å². The van der Waals surface area contributed by atoms with Gasteiger partial charge in [-0.3, -0.25) is 0 Å². The van der Waals surface area contributed by atoms with E-state index < -0.39 is 0 Å². The van der Waals surface area contributed by atoms with Crippen LogP contribution >= 0.6 is 0 Å². The Balaban J connectivity index is 1.22. The molecular formula is C31H44O3. The minimum absolute atomic E-state index is 0.285. The highest BCUT2D eigenvalue weighted by atomic mass is 16.7. The molecule has 1 saturated carbocycles. The first-order valence-corrected chi connectivity index (χ1v) is 13.8. The highest BCUT2D eigenvalue weighted by molar-refractivity contribution is 5.30. The van der Waals surface area contributed by atoms with Gasteiger partial charge in [0.25, 0.3) is 0 Å². The Bertz CT molecular complexity index is 813. The van der Waals surface area contributed by atoms with Crippen LogP contribution in [0, 0.1) is 5.92 Å². The van der Waals surface area contributed by atoms with Crippen LogP contribution in [-0.4, -0.2) is 19.8 Å². The Kier molecular flexibility index (Phi) is 9.88. The number of unbranched alkanes of at least 4 members (excludes halogenated alkanes) is 3. The molecule has 0 radical (unpaired) electrons. The van der Waals surface area contributed by atoms with Crippen molar-refractivity contribution in [2.45, 2.75) is 96.2 Å². The second-order valence-electron chi connectivity index (χ2n) is 10.3. The maximum atomic E-state index is 6.11. The second-order valence-corrected chi connectivity index (χ2v) is 10.3.